The second-order valence-corrected chi connectivity index (χ2v) is 7.59. The van der Waals surface area contributed by atoms with Gasteiger partial charge in [-0.2, -0.15) is 0 Å². The number of hydrogen-bond acceptors (Lipinski definition) is 3. The number of aryl methyl sites for hydroxylation is 1. The Morgan fingerprint density at radius 2 is 1.77 bits per heavy atom. The third kappa shape index (κ3) is 4.23. The molecule has 1 aliphatic heterocycles. The number of likely N-dealkylation sites (N-methyl/N-ethyl adjacent to an activating group) is 1. The Kier molecular flexibility index (Phi) is 6.05. The largest absolute Gasteiger partial charge is 0.481 e. The molecule has 6 heteroatoms. The number of amides is 2. The number of carbonyl (C=O) groups excluding carboxylic acids is 2. The molecular weight excluding hydrogens is 332 g/mol. The molecule has 1 N–H and O–H groups in total. The van der Waals surface area contributed by atoms with Gasteiger partial charge >= 0.3 is 5.97 Å². The molecule has 0 aliphatic carbocycles. The number of hydrogen-bond donors (Lipinski definition) is 1. The maximum Gasteiger partial charge on any atom is 0.306 e. The molecule has 0 radical (unpaired) electrons. The first-order chi connectivity index (χ1) is 12.1. The number of carboxylic acids is 1. The summed E-state index contributed by atoms with van der Waals surface area (Å²) < 4.78 is 0. The van der Waals surface area contributed by atoms with Crippen molar-refractivity contribution < 1.29 is 19.5 Å². The van der Waals surface area contributed by atoms with Gasteiger partial charge in [0, 0.05) is 20.1 Å². The Bertz CT molecular complexity index is 691. The first kappa shape index (κ1) is 19.9. The zero-order chi connectivity index (χ0) is 19.5. The van der Waals surface area contributed by atoms with E-state index in [9.17, 15) is 14.4 Å². The second kappa shape index (κ2) is 7.89. The number of carboxylic acid groups (broad SMARTS) is 1. The van der Waals surface area contributed by atoms with Crippen LogP contribution in [0.5, 0.6) is 0 Å². The molecule has 0 bridgehead atoms. The molecule has 1 heterocycles. The second-order valence-electron chi connectivity index (χ2n) is 7.59. The van der Waals surface area contributed by atoms with E-state index in [2.05, 4.69) is 0 Å². The molecule has 1 aromatic rings. The van der Waals surface area contributed by atoms with Crippen molar-refractivity contribution in [1.29, 1.82) is 0 Å². The first-order valence-electron chi connectivity index (χ1n) is 8.97. The van der Waals surface area contributed by atoms with Gasteiger partial charge in [0.05, 0.1) is 17.9 Å². The number of rotatable bonds is 5. The highest BCUT2D eigenvalue weighted by Crippen LogP contribution is 2.28. The minimum Gasteiger partial charge on any atom is -0.481 e. The first-order valence-corrected chi connectivity index (χ1v) is 8.97. The third-order valence-electron chi connectivity index (χ3n) is 5.27. The van der Waals surface area contributed by atoms with Crippen LogP contribution in [-0.2, 0) is 19.8 Å². The lowest BCUT2D eigenvalue weighted by Crippen LogP contribution is -2.48. The van der Waals surface area contributed by atoms with Gasteiger partial charge in [-0.25, -0.2) is 0 Å². The van der Waals surface area contributed by atoms with Crippen molar-refractivity contribution >= 4 is 17.8 Å². The van der Waals surface area contributed by atoms with Crippen molar-refractivity contribution in [1.82, 2.24) is 9.80 Å². The van der Waals surface area contributed by atoms with Crippen LogP contribution in [0.2, 0.25) is 0 Å². The van der Waals surface area contributed by atoms with Gasteiger partial charge in [0.2, 0.25) is 11.8 Å². The molecule has 142 valence electrons. The summed E-state index contributed by atoms with van der Waals surface area (Å²) >= 11 is 0. The van der Waals surface area contributed by atoms with Crippen molar-refractivity contribution in [3.8, 4) is 0 Å². The Morgan fingerprint density at radius 3 is 2.31 bits per heavy atom. The van der Waals surface area contributed by atoms with Crippen LogP contribution in [0.25, 0.3) is 0 Å². The molecule has 0 unspecified atom stereocenters. The molecule has 1 aromatic carbocycles. The number of benzene rings is 1. The molecule has 2 amide bonds. The van der Waals surface area contributed by atoms with Gasteiger partial charge in [-0.15, -0.1) is 0 Å². The molecule has 6 nitrogen and oxygen atoms in total. The summed E-state index contributed by atoms with van der Waals surface area (Å²) in [5.41, 5.74) is 1.27. The topological polar surface area (TPSA) is 77.9 Å². The van der Waals surface area contributed by atoms with E-state index in [4.69, 9.17) is 5.11 Å². The summed E-state index contributed by atoms with van der Waals surface area (Å²) in [6.45, 7) is 6.58. The number of nitrogens with zero attached hydrogens (tertiary/aromatic N) is 2. The summed E-state index contributed by atoms with van der Waals surface area (Å²) in [7, 11) is 1.64. The van der Waals surface area contributed by atoms with Crippen LogP contribution >= 0.6 is 0 Å². The van der Waals surface area contributed by atoms with Gasteiger partial charge in [-0.1, -0.05) is 24.3 Å². The van der Waals surface area contributed by atoms with Crippen molar-refractivity contribution in [3.05, 3.63) is 35.4 Å². The predicted octanol–water partition coefficient (Wildman–Crippen LogP) is 2.05. The minimum atomic E-state index is -0.802. The van der Waals surface area contributed by atoms with Crippen LogP contribution in [0, 0.1) is 12.8 Å². The zero-order valence-corrected chi connectivity index (χ0v) is 16.0. The monoisotopic (exact) mass is 360 g/mol. The average molecular weight is 360 g/mol. The van der Waals surface area contributed by atoms with Crippen LogP contribution < -0.4 is 0 Å². The Hall–Kier alpha value is -2.37. The van der Waals surface area contributed by atoms with Gasteiger partial charge in [-0.05, 0) is 44.7 Å². The summed E-state index contributed by atoms with van der Waals surface area (Å²) in [4.78, 5) is 39.6. The van der Waals surface area contributed by atoms with Gasteiger partial charge in [0.1, 0.15) is 0 Å². The number of likely N-dealkylation sites (tertiary alicyclic amines) is 1. The lowest BCUT2D eigenvalue weighted by atomic mass is 9.81. The van der Waals surface area contributed by atoms with Gasteiger partial charge < -0.3 is 14.9 Å². The van der Waals surface area contributed by atoms with Crippen LogP contribution in [0.3, 0.4) is 0 Å². The van der Waals surface area contributed by atoms with Gasteiger partial charge in [0.15, 0.2) is 0 Å². The fourth-order valence-electron chi connectivity index (χ4n) is 3.62. The molecule has 0 spiro atoms. The summed E-state index contributed by atoms with van der Waals surface area (Å²) in [5.74, 6) is -1.42. The number of aliphatic carboxylic acids is 1. The van der Waals surface area contributed by atoms with Crippen LogP contribution in [0.1, 0.15) is 37.8 Å². The van der Waals surface area contributed by atoms with E-state index in [1.54, 1.807) is 11.9 Å². The Labute approximate surface area is 154 Å². The summed E-state index contributed by atoms with van der Waals surface area (Å²) in [5, 5.41) is 9.05. The summed E-state index contributed by atoms with van der Waals surface area (Å²) in [6, 6.07) is 7.77. The normalized spacial score (nSPS) is 15.6. The molecule has 1 aliphatic rings. The molecule has 2 rings (SSSR count). The van der Waals surface area contributed by atoms with Crippen LogP contribution in [0.4, 0.5) is 0 Å². The molecule has 0 saturated carbocycles. The van der Waals surface area contributed by atoms with Crippen molar-refractivity contribution in [2.75, 3.05) is 26.7 Å². The Morgan fingerprint density at radius 1 is 1.19 bits per heavy atom. The molecule has 1 fully saturated rings. The van der Waals surface area contributed by atoms with Gasteiger partial charge in [0.25, 0.3) is 0 Å². The van der Waals surface area contributed by atoms with Crippen LogP contribution in [0.15, 0.2) is 24.3 Å². The highest BCUT2D eigenvalue weighted by Gasteiger charge is 2.35. The van der Waals surface area contributed by atoms with E-state index in [0.29, 0.717) is 25.9 Å². The maximum atomic E-state index is 13.0. The molecular formula is C20H28N2O4. The standard InChI is InChI=1S/C20H28N2O4/c1-14-7-5-6-8-16(14)20(2,3)19(26)21(4)13-17(23)22-11-9-15(10-12-22)18(24)25/h5-8,15H,9-13H2,1-4H3,(H,24,25). The van der Waals surface area contributed by atoms with E-state index in [-0.39, 0.29) is 24.3 Å². The smallest absolute Gasteiger partial charge is 0.306 e. The molecule has 0 aromatic heterocycles. The minimum absolute atomic E-state index is 0.00584. The third-order valence-corrected chi connectivity index (χ3v) is 5.27. The van der Waals surface area contributed by atoms with Crippen LogP contribution in [-0.4, -0.2) is 59.4 Å². The molecule has 26 heavy (non-hydrogen) atoms. The van der Waals surface area contributed by atoms with E-state index < -0.39 is 11.4 Å². The highest BCUT2D eigenvalue weighted by molar-refractivity contribution is 5.91. The van der Waals surface area contributed by atoms with E-state index in [1.807, 2.05) is 45.0 Å². The van der Waals surface area contributed by atoms with Crippen molar-refractivity contribution in [2.45, 2.75) is 39.0 Å². The van der Waals surface area contributed by atoms with E-state index in [0.717, 1.165) is 11.1 Å². The predicted molar refractivity (Wildman–Crippen MR) is 98.8 cm³/mol. The Balaban J connectivity index is 1.99. The van der Waals surface area contributed by atoms with E-state index >= 15 is 0 Å². The van der Waals surface area contributed by atoms with E-state index in [1.165, 1.54) is 4.90 Å². The number of piperidine rings is 1. The van der Waals surface area contributed by atoms with Gasteiger partial charge in [-0.3, -0.25) is 14.4 Å². The quantitative estimate of drug-likeness (QED) is 0.872. The average Bonchev–Trinajstić information content (AvgIpc) is 2.61. The summed E-state index contributed by atoms with van der Waals surface area (Å²) in [6.07, 6.45) is 0.931. The SMILES string of the molecule is Cc1ccccc1C(C)(C)C(=O)N(C)CC(=O)N1CCC(C(=O)O)CC1. The maximum absolute atomic E-state index is 13.0. The lowest BCUT2D eigenvalue weighted by molar-refractivity contribution is -0.147. The fourth-order valence-corrected chi connectivity index (χ4v) is 3.62. The van der Waals surface area contributed by atoms with Crippen molar-refractivity contribution in [2.24, 2.45) is 5.92 Å². The highest BCUT2D eigenvalue weighted by atomic mass is 16.4. The number of carbonyl (C=O) groups is 3. The zero-order valence-electron chi connectivity index (χ0n) is 16.0. The molecule has 0 atom stereocenters. The van der Waals surface area contributed by atoms with Crippen molar-refractivity contribution in [3.63, 3.8) is 0 Å². The fraction of sp³-hybridized carbons (Fsp3) is 0.550. The molecule has 1 saturated heterocycles. The lowest BCUT2D eigenvalue weighted by Gasteiger charge is -2.34.